The molecule has 0 aromatic carbocycles. The smallest absolute Gasteiger partial charge is 0.760 e. The number of aromatic nitrogens is 5. The van der Waals surface area contributed by atoms with Gasteiger partial charge in [0.25, 0.3) is 0 Å². The van der Waals surface area contributed by atoms with Gasteiger partial charge in [-0.2, -0.15) is 0 Å². The number of unbranched alkanes of at least 4 members (excludes halogenated alkanes) is 5. The summed E-state index contributed by atoms with van der Waals surface area (Å²) in [6, 6.07) is 26.6. The second kappa shape index (κ2) is 21.4. The summed E-state index contributed by atoms with van der Waals surface area (Å²) in [5, 5.41) is 1.31. The summed E-state index contributed by atoms with van der Waals surface area (Å²) in [7, 11) is 0. The normalized spacial score (nSPS) is 9.74. The van der Waals surface area contributed by atoms with E-state index in [9.17, 15) is 0 Å². The molecule has 0 bridgehead atoms. The van der Waals surface area contributed by atoms with Crippen molar-refractivity contribution in [1.82, 2.24) is 24.9 Å². The molecular weight excluding hydrogens is 742 g/mol. The standard InChI is InChI=1S/C23H27N3O.2C5H5NS.Pt/c1-2-3-4-5-6-11-16-27-19-17-22(20-12-7-9-14-24-20)26-23(18-19)21-13-8-10-15-25-21;2*7-5-3-1-2-4-6-5;/h7-10,12-15,17-18H,2-6,11,16H2,1H3;2*1-4H,(H,6,7);/q;;;+2/p-2. The van der Waals surface area contributed by atoms with Crippen molar-refractivity contribution >= 4 is 25.3 Å². The van der Waals surface area contributed by atoms with Crippen LogP contribution in [0, 0.1) is 0 Å². The van der Waals surface area contributed by atoms with E-state index in [1.165, 1.54) is 32.1 Å². The van der Waals surface area contributed by atoms with E-state index in [1.807, 2.05) is 72.8 Å². The molecule has 5 aromatic rings. The number of rotatable bonds is 10. The molecule has 42 heavy (non-hydrogen) atoms. The second-order valence-electron chi connectivity index (χ2n) is 8.96. The van der Waals surface area contributed by atoms with Crippen molar-refractivity contribution < 1.29 is 25.8 Å². The van der Waals surface area contributed by atoms with Crippen molar-refractivity contribution in [3.63, 3.8) is 0 Å². The minimum Gasteiger partial charge on any atom is -0.760 e. The Hall–Kier alpha value is -3.32. The summed E-state index contributed by atoms with van der Waals surface area (Å²) in [6.07, 6.45) is 14.4. The zero-order valence-corrected chi connectivity index (χ0v) is 27.5. The molecule has 0 saturated heterocycles. The van der Waals surface area contributed by atoms with Gasteiger partial charge >= 0.3 is 21.1 Å². The van der Waals surface area contributed by atoms with Crippen molar-refractivity contribution in [2.24, 2.45) is 0 Å². The molecule has 0 aliphatic carbocycles. The minimum atomic E-state index is 0. The van der Waals surface area contributed by atoms with Crippen molar-refractivity contribution in [3.8, 4) is 28.5 Å². The van der Waals surface area contributed by atoms with Gasteiger partial charge in [0.15, 0.2) is 0 Å². The van der Waals surface area contributed by atoms with Gasteiger partial charge in [0.1, 0.15) is 5.75 Å². The largest absolute Gasteiger partial charge is 2.00 e. The summed E-state index contributed by atoms with van der Waals surface area (Å²) in [5.41, 5.74) is 3.27. The third-order valence-electron chi connectivity index (χ3n) is 5.70. The quantitative estimate of drug-likeness (QED) is 0.105. The van der Waals surface area contributed by atoms with E-state index >= 15 is 0 Å². The molecule has 6 nitrogen and oxygen atoms in total. The Bertz CT molecular complexity index is 1270. The van der Waals surface area contributed by atoms with E-state index in [-0.39, 0.29) is 21.1 Å². The maximum Gasteiger partial charge on any atom is 2.00 e. The molecule has 0 fully saturated rings. The first-order valence-electron chi connectivity index (χ1n) is 13.8. The van der Waals surface area contributed by atoms with Crippen LogP contribution in [-0.4, -0.2) is 31.5 Å². The fourth-order valence-electron chi connectivity index (χ4n) is 3.65. The van der Waals surface area contributed by atoms with Gasteiger partial charge < -0.3 is 30.0 Å². The third-order valence-corrected chi connectivity index (χ3v) is 6.18. The summed E-state index contributed by atoms with van der Waals surface area (Å²) in [5.74, 6) is 0.819. The van der Waals surface area contributed by atoms with Crippen molar-refractivity contribution in [2.75, 3.05) is 6.61 Å². The average molecular weight is 777 g/mol. The first-order valence-corrected chi connectivity index (χ1v) is 14.6. The predicted molar refractivity (Wildman–Crippen MR) is 169 cm³/mol. The van der Waals surface area contributed by atoms with Gasteiger partial charge in [-0.05, 0) is 42.8 Å². The molecule has 0 unspecified atom stereocenters. The van der Waals surface area contributed by atoms with Crippen LogP contribution in [-0.2, 0) is 46.3 Å². The van der Waals surface area contributed by atoms with Gasteiger partial charge in [0, 0.05) is 36.9 Å². The summed E-state index contributed by atoms with van der Waals surface area (Å²) >= 11 is 9.40. The molecule has 0 radical (unpaired) electrons. The maximum absolute atomic E-state index is 6.04. The van der Waals surface area contributed by atoms with Crippen LogP contribution >= 0.6 is 0 Å². The first-order chi connectivity index (χ1) is 20.2. The van der Waals surface area contributed by atoms with E-state index in [4.69, 9.17) is 35.0 Å². The molecule has 9 heteroatoms. The number of pyridine rings is 5. The molecule has 0 atom stereocenters. The Kier molecular flexibility index (Phi) is 17.8. The first kappa shape index (κ1) is 34.9. The minimum absolute atomic E-state index is 0. The fraction of sp³-hybridized carbons (Fsp3) is 0.242. The zero-order valence-electron chi connectivity index (χ0n) is 23.6. The van der Waals surface area contributed by atoms with Gasteiger partial charge in [-0.3, -0.25) is 19.9 Å². The second-order valence-corrected chi connectivity index (χ2v) is 9.79. The van der Waals surface area contributed by atoms with Crippen LogP contribution in [0.25, 0.3) is 22.8 Å². The van der Waals surface area contributed by atoms with E-state index in [0.717, 1.165) is 41.6 Å². The van der Waals surface area contributed by atoms with Crippen LogP contribution in [0.1, 0.15) is 45.4 Å². The Balaban J connectivity index is 0.000000334. The van der Waals surface area contributed by atoms with Crippen molar-refractivity contribution in [1.29, 1.82) is 0 Å². The van der Waals surface area contributed by atoms with Crippen LogP contribution < -0.4 is 4.74 Å². The number of hydrogen-bond acceptors (Lipinski definition) is 8. The monoisotopic (exact) mass is 776 g/mol. The molecule has 220 valence electrons. The van der Waals surface area contributed by atoms with E-state index in [2.05, 4.69) is 26.9 Å². The molecule has 0 aliphatic rings. The molecule has 0 amide bonds. The van der Waals surface area contributed by atoms with Crippen LogP contribution in [0.2, 0.25) is 0 Å². The summed E-state index contributed by atoms with van der Waals surface area (Å²) < 4.78 is 6.04. The zero-order chi connectivity index (χ0) is 29.0. The molecule has 5 rings (SSSR count). The van der Waals surface area contributed by atoms with Crippen molar-refractivity contribution in [3.05, 3.63) is 110 Å². The predicted octanol–water partition coefficient (Wildman–Crippen LogP) is 7.92. The van der Waals surface area contributed by atoms with E-state index < -0.39 is 0 Å². The van der Waals surface area contributed by atoms with Crippen LogP contribution in [0.4, 0.5) is 0 Å². The Morgan fingerprint density at radius 1 is 0.548 bits per heavy atom. The third kappa shape index (κ3) is 14.0. The van der Waals surface area contributed by atoms with E-state index in [0.29, 0.717) is 10.1 Å². The topological polar surface area (TPSA) is 73.7 Å². The van der Waals surface area contributed by atoms with Crippen LogP contribution in [0.15, 0.2) is 120 Å². The Morgan fingerprint density at radius 3 is 1.38 bits per heavy atom. The molecule has 0 N–H and O–H groups in total. The number of nitrogens with zero attached hydrogens (tertiary/aromatic N) is 5. The van der Waals surface area contributed by atoms with Crippen LogP contribution in [0.5, 0.6) is 5.75 Å². The average Bonchev–Trinajstić information content (AvgIpc) is 3.03. The molecule has 5 aromatic heterocycles. The Morgan fingerprint density at radius 2 is 1.00 bits per heavy atom. The number of hydrogen-bond donors (Lipinski definition) is 0. The molecular formula is C33H35N5OPtS2. The van der Waals surface area contributed by atoms with Gasteiger partial charge in [-0.15, -0.1) is 0 Å². The Labute approximate surface area is 275 Å². The summed E-state index contributed by atoms with van der Waals surface area (Å²) in [6.45, 7) is 2.96. The SMILES string of the molecule is CCCCCCCCOc1cc(-c2ccccn2)nc(-c2ccccn2)c1.[Pt+2].[S-]c1ccccn1.[S-]c1ccccn1. The van der Waals surface area contributed by atoms with Crippen LogP contribution in [0.3, 0.4) is 0 Å². The van der Waals surface area contributed by atoms with Gasteiger partial charge in [0.05, 0.1) is 29.4 Å². The molecule has 0 saturated carbocycles. The van der Waals surface area contributed by atoms with E-state index in [1.54, 1.807) is 36.9 Å². The van der Waals surface area contributed by atoms with Crippen molar-refractivity contribution in [2.45, 2.75) is 55.5 Å². The molecule has 0 spiro atoms. The number of ether oxygens (including phenoxy) is 1. The molecule has 5 heterocycles. The maximum atomic E-state index is 6.04. The van der Waals surface area contributed by atoms with Gasteiger partial charge in [0.2, 0.25) is 0 Å². The summed E-state index contributed by atoms with van der Waals surface area (Å²) in [4.78, 5) is 21.2. The van der Waals surface area contributed by atoms with Gasteiger partial charge in [-0.1, -0.05) is 85.5 Å². The fourth-order valence-corrected chi connectivity index (χ4v) is 3.93. The molecule has 0 aliphatic heterocycles. The van der Waals surface area contributed by atoms with Gasteiger partial charge in [-0.25, -0.2) is 4.98 Å².